The molecule has 6 heteroatoms. The summed E-state index contributed by atoms with van der Waals surface area (Å²) in [6, 6.07) is 7.94. The molecule has 21 heavy (non-hydrogen) atoms. The number of fused-ring (bicyclic) bond motifs is 1. The molecule has 0 aliphatic rings. The molecule has 2 N–H and O–H groups in total. The Bertz CT molecular complexity index is 753. The fourth-order valence-electron chi connectivity index (χ4n) is 2.12. The maximum absolute atomic E-state index is 6.00. The molecule has 0 spiro atoms. The quantitative estimate of drug-likeness (QED) is 0.752. The number of aromatic amines is 1. The van der Waals surface area contributed by atoms with E-state index in [-0.39, 0.29) is 0 Å². The number of benzene rings is 1. The van der Waals surface area contributed by atoms with Crippen molar-refractivity contribution in [1.82, 2.24) is 19.9 Å². The van der Waals surface area contributed by atoms with Crippen molar-refractivity contribution < 1.29 is 4.74 Å². The lowest BCUT2D eigenvalue weighted by Crippen LogP contribution is -2.04. The summed E-state index contributed by atoms with van der Waals surface area (Å²) in [6.07, 6.45) is 2.49. The van der Waals surface area contributed by atoms with Crippen LogP contribution in [0.25, 0.3) is 11.2 Å². The summed E-state index contributed by atoms with van der Waals surface area (Å²) < 4.78 is 6.00. The van der Waals surface area contributed by atoms with Crippen LogP contribution >= 0.6 is 0 Å². The molecular formula is C15H17N5O. The van der Waals surface area contributed by atoms with E-state index in [0.29, 0.717) is 23.0 Å². The second-order valence-corrected chi connectivity index (χ2v) is 4.55. The number of nitrogens with one attached hydrogen (secondary N) is 2. The van der Waals surface area contributed by atoms with Crippen LogP contribution in [0.5, 0.6) is 11.6 Å². The monoisotopic (exact) mass is 283 g/mol. The van der Waals surface area contributed by atoms with E-state index in [1.165, 1.54) is 0 Å². The Hall–Kier alpha value is -2.63. The SMILES string of the molecule is CCNc1nc(Oc2ccccc2CC)c2[nH]cnc2n1. The van der Waals surface area contributed by atoms with Crippen molar-refractivity contribution in [2.45, 2.75) is 20.3 Å². The molecule has 0 bridgehead atoms. The van der Waals surface area contributed by atoms with E-state index in [0.717, 1.165) is 24.3 Å². The highest BCUT2D eigenvalue weighted by molar-refractivity contribution is 5.77. The summed E-state index contributed by atoms with van der Waals surface area (Å²) in [5.74, 6) is 1.80. The average molecular weight is 283 g/mol. The smallest absolute Gasteiger partial charge is 0.250 e. The second kappa shape index (κ2) is 5.78. The van der Waals surface area contributed by atoms with Crippen molar-refractivity contribution >= 4 is 17.1 Å². The molecule has 0 radical (unpaired) electrons. The van der Waals surface area contributed by atoms with Crippen LogP contribution in [0.15, 0.2) is 30.6 Å². The van der Waals surface area contributed by atoms with Crippen LogP contribution in [-0.4, -0.2) is 26.5 Å². The number of imidazole rings is 1. The predicted octanol–water partition coefficient (Wildman–Crippen LogP) is 3.14. The summed E-state index contributed by atoms with van der Waals surface area (Å²) in [7, 11) is 0. The summed E-state index contributed by atoms with van der Waals surface area (Å²) >= 11 is 0. The summed E-state index contributed by atoms with van der Waals surface area (Å²) in [6.45, 7) is 4.82. The van der Waals surface area contributed by atoms with Crippen LogP contribution in [0.3, 0.4) is 0 Å². The van der Waals surface area contributed by atoms with Gasteiger partial charge in [0, 0.05) is 6.54 Å². The lowest BCUT2D eigenvalue weighted by Gasteiger charge is -2.10. The highest BCUT2D eigenvalue weighted by Crippen LogP contribution is 2.29. The first-order chi connectivity index (χ1) is 10.3. The van der Waals surface area contributed by atoms with Gasteiger partial charge in [0.1, 0.15) is 11.3 Å². The minimum atomic E-state index is 0.481. The molecular weight excluding hydrogens is 266 g/mol. The van der Waals surface area contributed by atoms with Gasteiger partial charge in [-0.25, -0.2) is 4.98 Å². The molecule has 6 nitrogen and oxygen atoms in total. The van der Waals surface area contributed by atoms with E-state index < -0.39 is 0 Å². The lowest BCUT2D eigenvalue weighted by atomic mass is 10.1. The third kappa shape index (κ3) is 2.65. The molecule has 0 amide bonds. The van der Waals surface area contributed by atoms with Gasteiger partial charge in [-0.2, -0.15) is 9.97 Å². The van der Waals surface area contributed by atoms with Gasteiger partial charge in [-0.1, -0.05) is 25.1 Å². The molecule has 0 saturated carbocycles. The fraction of sp³-hybridized carbons (Fsp3) is 0.267. The molecule has 0 unspecified atom stereocenters. The fourth-order valence-corrected chi connectivity index (χ4v) is 2.12. The van der Waals surface area contributed by atoms with E-state index in [1.807, 2.05) is 31.2 Å². The van der Waals surface area contributed by atoms with Gasteiger partial charge in [0.15, 0.2) is 5.65 Å². The molecule has 0 aliphatic heterocycles. The number of ether oxygens (including phenoxy) is 1. The Morgan fingerprint density at radius 1 is 1.19 bits per heavy atom. The Morgan fingerprint density at radius 2 is 2.05 bits per heavy atom. The van der Waals surface area contributed by atoms with E-state index >= 15 is 0 Å². The van der Waals surface area contributed by atoms with Crippen LogP contribution in [0.4, 0.5) is 5.95 Å². The van der Waals surface area contributed by atoms with Gasteiger partial charge in [-0.05, 0) is 25.0 Å². The first kappa shape index (κ1) is 13.4. The number of rotatable bonds is 5. The summed E-state index contributed by atoms with van der Waals surface area (Å²) in [5, 5.41) is 3.09. The molecule has 0 saturated heterocycles. The van der Waals surface area contributed by atoms with Gasteiger partial charge < -0.3 is 15.0 Å². The van der Waals surface area contributed by atoms with E-state index in [2.05, 4.69) is 32.2 Å². The van der Waals surface area contributed by atoms with Crippen LogP contribution < -0.4 is 10.1 Å². The second-order valence-electron chi connectivity index (χ2n) is 4.55. The maximum Gasteiger partial charge on any atom is 0.250 e. The number of H-pyrrole nitrogens is 1. The highest BCUT2D eigenvalue weighted by atomic mass is 16.5. The predicted molar refractivity (Wildman–Crippen MR) is 81.7 cm³/mol. The lowest BCUT2D eigenvalue weighted by molar-refractivity contribution is 0.462. The van der Waals surface area contributed by atoms with E-state index in [4.69, 9.17) is 4.74 Å². The Morgan fingerprint density at radius 3 is 2.86 bits per heavy atom. The zero-order chi connectivity index (χ0) is 14.7. The van der Waals surface area contributed by atoms with Crippen molar-refractivity contribution in [3.8, 4) is 11.6 Å². The van der Waals surface area contributed by atoms with Crippen LogP contribution in [-0.2, 0) is 6.42 Å². The molecule has 0 aliphatic carbocycles. The summed E-state index contributed by atoms with van der Waals surface area (Å²) in [4.78, 5) is 15.9. The first-order valence-corrected chi connectivity index (χ1v) is 7.02. The number of aromatic nitrogens is 4. The number of anilines is 1. The van der Waals surface area contributed by atoms with Crippen molar-refractivity contribution in [1.29, 1.82) is 0 Å². The molecule has 3 rings (SSSR count). The number of aryl methyl sites for hydroxylation is 1. The number of para-hydroxylation sites is 1. The van der Waals surface area contributed by atoms with Crippen LogP contribution in [0, 0.1) is 0 Å². The highest BCUT2D eigenvalue weighted by Gasteiger charge is 2.13. The van der Waals surface area contributed by atoms with Gasteiger partial charge >= 0.3 is 0 Å². The van der Waals surface area contributed by atoms with Gasteiger partial charge in [0.25, 0.3) is 5.88 Å². The van der Waals surface area contributed by atoms with Gasteiger partial charge in [-0.15, -0.1) is 0 Å². The van der Waals surface area contributed by atoms with Crippen LogP contribution in [0.1, 0.15) is 19.4 Å². The number of hydrogen-bond donors (Lipinski definition) is 2. The molecule has 0 atom stereocenters. The molecule has 3 aromatic rings. The van der Waals surface area contributed by atoms with E-state index in [9.17, 15) is 0 Å². The van der Waals surface area contributed by atoms with Crippen molar-refractivity contribution in [2.75, 3.05) is 11.9 Å². The van der Waals surface area contributed by atoms with Crippen molar-refractivity contribution in [2.24, 2.45) is 0 Å². The minimum absolute atomic E-state index is 0.481. The molecule has 1 aromatic carbocycles. The maximum atomic E-state index is 6.00. The molecule has 2 aromatic heterocycles. The van der Waals surface area contributed by atoms with Crippen molar-refractivity contribution in [3.05, 3.63) is 36.2 Å². The molecule has 108 valence electrons. The van der Waals surface area contributed by atoms with Gasteiger partial charge in [0.05, 0.1) is 6.33 Å². The third-order valence-corrected chi connectivity index (χ3v) is 3.15. The number of nitrogens with zero attached hydrogens (tertiary/aromatic N) is 3. The van der Waals surface area contributed by atoms with Crippen LogP contribution in [0.2, 0.25) is 0 Å². The Balaban J connectivity index is 2.04. The van der Waals surface area contributed by atoms with Gasteiger partial charge in [0.2, 0.25) is 5.95 Å². The number of hydrogen-bond acceptors (Lipinski definition) is 5. The van der Waals surface area contributed by atoms with Crippen molar-refractivity contribution in [3.63, 3.8) is 0 Å². The third-order valence-electron chi connectivity index (χ3n) is 3.15. The zero-order valence-corrected chi connectivity index (χ0v) is 12.1. The van der Waals surface area contributed by atoms with Gasteiger partial charge in [-0.3, -0.25) is 0 Å². The normalized spacial score (nSPS) is 10.8. The largest absolute Gasteiger partial charge is 0.437 e. The zero-order valence-electron chi connectivity index (χ0n) is 12.1. The first-order valence-electron chi connectivity index (χ1n) is 7.02. The summed E-state index contributed by atoms with van der Waals surface area (Å²) in [5.41, 5.74) is 2.42. The average Bonchev–Trinajstić information content (AvgIpc) is 2.97. The van der Waals surface area contributed by atoms with E-state index in [1.54, 1.807) is 6.33 Å². The topological polar surface area (TPSA) is 75.7 Å². The Labute approximate surface area is 122 Å². The molecule has 2 heterocycles. The molecule has 0 fully saturated rings. The minimum Gasteiger partial charge on any atom is -0.437 e. The Kier molecular flexibility index (Phi) is 3.68. The standard InChI is InChI=1S/C15H17N5O/c1-3-10-7-5-6-8-11(10)21-14-12-13(18-9-17-12)19-15(20-14)16-4-2/h5-9H,3-4H2,1-2H3,(H2,16,17,18,19,20).